The number of hydrogen-bond acceptors (Lipinski definition) is 3. The van der Waals surface area contributed by atoms with Gasteiger partial charge in [0.1, 0.15) is 11.8 Å². The van der Waals surface area contributed by atoms with Gasteiger partial charge in [-0.25, -0.2) is 0 Å². The van der Waals surface area contributed by atoms with Crippen LogP contribution in [0.4, 0.5) is 0 Å². The third kappa shape index (κ3) is 8.71. The summed E-state index contributed by atoms with van der Waals surface area (Å²) in [6, 6.07) is 24.1. The summed E-state index contributed by atoms with van der Waals surface area (Å²) in [5.41, 5.74) is 1.96. The van der Waals surface area contributed by atoms with E-state index in [0.717, 1.165) is 15.6 Å². The Morgan fingerprint density at radius 3 is 2.31 bits per heavy atom. The number of benzene rings is 3. The van der Waals surface area contributed by atoms with Crippen molar-refractivity contribution in [2.75, 3.05) is 13.2 Å². The van der Waals surface area contributed by atoms with Crippen molar-refractivity contribution in [3.8, 4) is 5.75 Å². The van der Waals surface area contributed by atoms with Crippen molar-refractivity contribution in [2.45, 2.75) is 38.8 Å². The van der Waals surface area contributed by atoms with Crippen LogP contribution >= 0.6 is 27.5 Å². The number of halogens is 2. The van der Waals surface area contributed by atoms with E-state index in [1.165, 1.54) is 0 Å². The molecule has 0 saturated heterocycles. The van der Waals surface area contributed by atoms with Crippen molar-refractivity contribution in [3.05, 3.63) is 99.5 Å². The molecule has 0 saturated carbocycles. The number of carbonyl (C=O) groups excluding carboxylic acids is 2. The lowest BCUT2D eigenvalue weighted by Crippen LogP contribution is -2.50. The number of nitrogens with one attached hydrogen (secondary N) is 1. The van der Waals surface area contributed by atoms with Crippen LogP contribution in [0, 0.1) is 0 Å². The molecular weight excluding hydrogens is 528 g/mol. The lowest BCUT2D eigenvalue weighted by atomic mass is 10.0. The van der Waals surface area contributed by atoms with E-state index in [4.69, 9.17) is 16.3 Å². The van der Waals surface area contributed by atoms with Crippen LogP contribution in [0.3, 0.4) is 0 Å². The number of amides is 2. The largest absolute Gasteiger partial charge is 0.494 e. The monoisotopic (exact) mass is 556 g/mol. The van der Waals surface area contributed by atoms with E-state index in [1.807, 2.05) is 61.5 Å². The van der Waals surface area contributed by atoms with Gasteiger partial charge in [0.15, 0.2) is 0 Å². The second-order valence-corrected chi connectivity index (χ2v) is 9.51. The van der Waals surface area contributed by atoms with Gasteiger partial charge in [-0.3, -0.25) is 9.59 Å². The summed E-state index contributed by atoms with van der Waals surface area (Å²) in [7, 11) is 0. The quantitative estimate of drug-likeness (QED) is 0.276. The molecule has 35 heavy (non-hydrogen) atoms. The Kier molecular flexibility index (Phi) is 10.6. The molecule has 0 spiro atoms. The molecule has 184 valence electrons. The summed E-state index contributed by atoms with van der Waals surface area (Å²) in [4.78, 5) is 28.3. The number of likely N-dealkylation sites (N-methyl/N-ethyl adjacent to an activating group) is 1. The Labute approximate surface area is 220 Å². The standard InChI is InChI=1S/C28H30BrClN2O3/c1-2-31-28(34)26(19-21-7-4-3-5-8-21)32(20-22-10-12-23(29)13-11-22)27(33)9-6-18-35-25-16-14-24(30)15-17-25/h3-5,7-8,10-17,26H,2,6,9,18-20H2,1H3,(H,31,34). The fourth-order valence-corrected chi connectivity index (χ4v) is 4.11. The van der Waals surface area contributed by atoms with Crippen LogP contribution in [0.2, 0.25) is 5.02 Å². The Bertz CT molecular complexity index is 1080. The SMILES string of the molecule is CCNC(=O)C(Cc1ccccc1)N(Cc1ccc(Br)cc1)C(=O)CCCOc1ccc(Cl)cc1. The number of ether oxygens (including phenoxy) is 1. The van der Waals surface area contributed by atoms with Gasteiger partial charge in [0, 0.05) is 35.4 Å². The van der Waals surface area contributed by atoms with Crippen molar-refractivity contribution in [1.82, 2.24) is 10.2 Å². The van der Waals surface area contributed by atoms with Crippen LogP contribution in [-0.2, 0) is 22.6 Å². The predicted molar refractivity (Wildman–Crippen MR) is 143 cm³/mol. The van der Waals surface area contributed by atoms with Gasteiger partial charge >= 0.3 is 0 Å². The molecule has 0 bridgehead atoms. The molecule has 0 heterocycles. The van der Waals surface area contributed by atoms with E-state index in [9.17, 15) is 9.59 Å². The van der Waals surface area contributed by atoms with Crippen molar-refractivity contribution in [1.29, 1.82) is 0 Å². The first-order chi connectivity index (χ1) is 17.0. The molecule has 0 fully saturated rings. The number of rotatable bonds is 12. The molecule has 3 rings (SSSR count). The smallest absolute Gasteiger partial charge is 0.243 e. The van der Waals surface area contributed by atoms with Gasteiger partial charge in [-0.15, -0.1) is 0 Å². The molecule has 0 aliphatic heterocycles. The Morgan fingerprint density at radius 1 is 0.971 bits per heavy atom. The van der Waals surface area contributed by atoms with E-state index in [0.29, 0.717) is 43.3 Å². The molecule has 0 aromatic heterocycles. The molecule has 0 aliphatic carbocycles. The molecule has 1 N–H and O–H groups in total. The lowest BCUT2D eigenvalue weighted by Gasteiger charge is -2.31. The van der Waals surface area contributed by atoms with Crippen LogP contribution in [0.5, 0.6) is 5.75 Å². The van der Waals surface area contributed by atoms with Gasteiger partial charge in [-0.05, 0) is 60.9 Å². The third-order valence-corrected chi connectivity index (χ3v) is 6.29. The van der Waals surface area contributed by atoms with Gasteiger partial charge in [0.25, 0.3) is 0 Å². The fraction of sp³-hybridized carbons (Fsp3) is 0.286. The topological polar surface area (TPSA) is 58.6 Å². The molecule has 0 radical (unpaired) electrons. The van der Waals surface area contributed by atoms with Crippen molar-refractivity contribution < 1.29 is 14.3 Å². The van der Waals surface area contributed by atoms with E-state index in [1.54, 1.807) is 29.2 Å². The van der Waals surface area contributed by atoms with Crippen LogP contribution < -0.4 is 10.1 Å². The number of carbonyl (C=O) groups is 2. The first-order valence-corrected chi connectivity index (χ1v) is 12.9. The summed E-state index contributed by atoms with van der Waals surface area (Å²) in [5.74, 6) is 0.469. The second kappa shape index (κ2) is 13.9. The Morgan fingerprint density at radius 2 is 1.66 bits per heavy atom. The first kappa shape index (κ1) is 26.8. The Hall–Kier alpha value is -2.83. The summed E-state index contributed by atoms with van der Waals surface area (Å²) in [6.45, 7) is 3.12. The highest BCUT2D eigenvalue weighted by atomic mass is 79.9. The lowest BCUT2D eigenvalue weighted by molar-refractivity contribution is -0.141. The molecule has 1 atom stereocenters. The highest BCUT2D eigenvalue weighted by Gasteiger charge is 2.29. The molecule has 1 unspecified atom stereocenters. The number of hydrogen-bond donors (Lipinski definition) is 1. The van der Waals surface area contributed by atoms with Crippen LogP contribution in [0.15, 0.2) is 83.3 Å². The van der Waals surface area contributed by atoms with Gasteiger partial charge < -0.3 is 15.0 Å². The van der Waals surface area contributed by atoms with Crippen LogP contribution in [0.1, 0.15) is 30.9 Å². The molecule has 5 nitrogen and oxygen atoms in total. The molecule has 7 heteroatoms. The zero-order valence-corrected chi connectivity index (χ0v) is 22.1. The van der Waals surface area contributed by atoms with Crippen molar-refractivity contribution in [2.24, 2.45) is 0 Å². The molecule has 3 aromatic carbocycles. The van der Waals surface area contributed by atoms with Crippen LogP contribution in [-0.4, -0.2) is 35.9 Å². The third-order valence-electron chi connectivity index (χ3n) is 5.51. The van der Waals surface area contributed by atoms with Crippen LogP contribution in [0.25, 0.3) is 0 Å². The summed E-state index contributed by atoms with van der Waals surface area (Å²) in [6.07, 6.45) is 1.25. The minimum Gasteiger partial charge on any atom is -0.494 e. The van der Waals surface area contributed by atoms with Crippen molar-refractivity contribution >= 4 is 39.3 Å². The van der Waals surface area contributed by atoms with Crippen molar-refractivity contribution in [3.63, 3.8) is 0 Å². The average Bonchev–Trinajstić information content (AvgIpc) is 2.87. The maximum atomic E-state index is 13.5. The van der Waals surface area contributed by atoms with E-state index in [-0.39, 0.29) is 18.2 Å². The zero-order valence-electron chi connectivity index (χ0n) is 19.8. The summed E-state index contributed by atoms with van der Waals surface area (Å²) in [5, 5.41) is 3.56. The molecule has 3 aromatic rings. The summed E-state index contributed by atoms with van der Waals surface area (Å²) < 4.78 is 6.71. The molecule has 0 aliphatic rings. The molecular formula is C28H30BrClN2O3. The minimum atomic E-state index is -0.620. The maximum Gasteiger partial charge on any atom is 0.243 e. The zero-order chi connectivity index (χ0) is 25.0. The normalized spacial score (nSPS) is 11.5. The fourth-order valence-electron chi connectivity index (χ4n) is 3.72. The highest BCUT2D eigenvalue weighted by molar-refractivity contribution is 9.10. The van der Waals surface area contributed by atoms with Gasteiger partial charge in [0.05, 0.1) is 6.61 Å². The second-order valence-electron chi connectivity index (χ2n) is 8.15. The predicted octanol–water partition coefficient (Wildman–Crippen LogP) is 6.04. The van der Waals surface area contributed by atoms with Gasteiger partial charge in [-0.2, -0.15) is 0 Å². The number of nitrogens with zero attached hydrogens (tertiary/aromatic N) is 1. The highest BCUT2D eigenvalue weighted by Crippen LogP contribution is 2.19. The summed E-state index contributed by atoms with van der Waals surface area (Å²) >= 11 is 9.38. The van der Waals surface area contributed by atoms with Gasteiger partial charge in [0.2, 0.25) is 11.8 Å². The van der Waals surface area contributed by atoms with E-state index < -0.39 is 6.04 Å². The van der Waals surface area contributed by atoms with E-state index >= 15 is 0 Å². The Balaban J connectivity index is 1.75. The average molecular weight is 558 g/mol. The molecule has 2 amide bonds. The minimum absolute atomic E-state index is 0.0835. The maximum absolute atomic E-state index is 13.5. The van der Waals surface area contributed by atoms with E-state index in [2.05, 4.69) is 21.2 Å². The first-order valence-electron chi connectivity index (χ1n) is 11.7. The van der Waals surface area contributed by atoms with Gasteiger partial charge in [-0.1, -0.05) is 70.0 Å².